The van der Waals surface area contributed by atoms with Gasteiger partial charge in [0.1, 0.15) is 32.6 Å². The first-order valence-corrected chi connectivity index (χ1v) is 12.5. The van der Waals surface area contributed by atoms with Crippen molar-refractivity contribution in [3.05, 3.63) is 36.8 Å². The summed E-state index contributed by atoms with van der Waals surface area (Å²) in [4.78, 5) is 67.9. The first kappa shape index (κ1) is 28.5. The number of β-lactam (4-membered cyclic amide) rings is 1. The van der Waals surface area contributed by atoms with Crippen LogP contribution in [0.4, 0.5) is 14.4 Å². The van der Waals surface area contributed by atoms with Crippen molar-refractivity contribution >= 4 is 41.9 Å². The van der Waals surface area contributed by atoms with Gasteiger partial charge in [0.15, 0.2) is 6.04 Å². The summed E-state index contributed by atoms with van der Waals surface area (Å²) in [5.41, 5.74) is 5.51. The van der Waals surface area contributed by atoms with Crippen molar-refractivity contribution in [2.45, 2.75) is 29.9 Å². The van der Waals surface area contributed by atoms with Gasteiger partial charge in [-0.3, -0.25) is 19.4 Å². The normalized spacial score (nSPS) is 21.2. The van der Waals surface area contributed by atoms with Crippen LogP contribution < -0.4 is 5.73 Å². The molecule has 0 aliphatic carbocycles. The Morgan fingerprint density at radius 2 is 1.90 bits per heavy atom. The molecule has 0 bridgehead atoms. The molecule has 3 aliphatic heterocycles. The van der Waals surface area contributed by atoms with E-state index in [-0.39, 0.29) is 43.3 Å². The molecule has 0 aromatic carbocycles. The summed E-state index contributed by atoms with van der Waals surface area (Å²) < 4.78 is 22.1. The van der Waals surface area contributed by atoms with Gasteiger partial charge in [-0.15, -0.1) is 5.10 Å². The van der Waals surface area contributed by atoms with E-state index in [1.807, 2.05) is 0 Å². The molecule has 1 unspecified atom stereocenters. The van der Waals surface area contributed by atoms with E-state index in [4.69, 9.17) is 29.5 Å². The van der Waals surface area contributed by atoms with Gasteiger partial charge in [-0.1, -0.05) is 42.1 Å². The van der Waals surface area contributed by atoms with Crippen LogP contribution in [0.3, 0.4) is 0 Å². The predicted molar refractivity (Wildman–Crippen MR) is 129 cm³/mol. The second kappa shape index (κ2) is 12.1. The van der Waals surface area contributed by atoms with Gasteiger partial charge in [-0.25, -0.2) is 19.1 Å². The van der Waals surface area contributed by atoms with Crippen LogP contribution in [-0.2, 0) is 39.9 Å². The average Bonchev–Trinajstić information content (AvgIpc) is 3.48. The van der Waals surface area contributed by atoms with Gasteiger partial charge in [-0.05, 0) is 10.4 Å². The summed E-state index contributed by atoms with van der Waals surface area (Å²) in [6, 6.07) is -2.58. The monoisotopic (exact) mass is 580 g/mol. The highest BCUT2D eigenvalue weighted by Crippen LogP contribution is 2.46. The quantitative estimate of drug-likeness (QED) is 0.149. The number of hydrogen-bond acceptors (Lipinski definition) is 15. The molecule has 0 spiro atoms. The van der Waals surface area contributed by atoms with Crippen LogP contribution in [0.1, 0.15) is 0 Å². The van der Waals surface area contributed by atoms with Crippen LogP contribution in [0.25, 0.3) is 0 Å². The molecule has 0 radical (unpaired) electrons. The number of aromatic nitrogens is 4. The average molecular weight is 581 g/mol. The van der Waals surface area contributed by atoms with E-state index in [9.17, 15) is 24.0 Å². The van der Waals surface area contributed by atoms with Gasteiger partial charge < -0.3 is 29.5 Å². The zero-order valence-electron chi connectivity index (χ0n) is 21.0. The number of primary amides is 1. The van der Waals surface area contributed by atoms with Gasteiger partial charge in [0.05, 0.1) is 6.04 Å². The maximum absolute atomic E-state index is 13.1. The number of urea groups is 1. The number of ether oxygens (including phenoxy) is 4. The third kappa shape index (κ3) is 5.60. The van der Waals surface area contributed by atoms with Crippen LogP contribution in [0.2, 0.25) is 0 Å². The van der Waals surface area contributed by atoms with E-state index in [0.29, 0.717) is 10.5 Å². The molecule has 18 nitrogen and oxygen atoms in total. The minimum atomic E-state index is -1.08. The Morgan fingerprint density at radius 1 is 1.20 bits per heavy atom. The lowest BCUT2D eigenvalue weighted by molar-refractivity contribution is -0.272. The lowest BCUT2D eigenvalue weighted by Crippen LogP contribution is -2.74. The Labute approximate surface area is 230 Å². The summed E-state index contributed by atoms with van der Waals surface area (Å²) in [6.45, 7) is 6.00. The van der Waals surface area contributed by atoms with Gasteiger partial charge in [0, 0.05) is 18.4 Å². The van der Waals surface area contributed by atoms with Crippen molar-refractivity contribution in [1.29, 1.82) is 0 Å². The molecule has 2 saturated heterocycles. The molecule has 4 heterocycles. The highest BCUT2D eigenvalue weighted by atomic mass is 32.2. The van der Waals surface area contributed by atoms with Gasteiger partial charge in [-0.2, -0.15) is 0 Å². The van der Waals surface area contributed by atoms with Gasteiger partial charge in [0.2, 0.25) is 11.0 Å². The number of carbonyl (C=O) groups is 5. The van der Waals surface area contributed by atoms with E-state index in [0.717, 1.165) is 21.5 Å². The number of thioether (sulfide) groups is 1. The highest BCUT2D eigenvalue weighted by molar-refractivity contribution is 7.99. The fourth-order valence-electron chi connectivity index (χ4n) is 3.96. The summed E-state index contributed by atoms with van der Waals surface area (Å²) in [5, 5.41) is 12.4. The van der Waals surface area contributed by atoms with Crippen molar-refractivity contribution in [3.63, 3.8) is 0 Å². The number of imide groups is 1. The number of hydroxylamine groups is 2. The minimum Gasteiger partial charge on any atom is -0.430 e. The first-order valence-electron chi connectivity index (χ1n) is 11.5. The molecular weight excluding hydrogens is 556 g/mol. The Kier molecular flexibility index (Phi) is 8.65. The maximum Gasteiger partial charge on any atom is 0.528 e. The second-order valence-corrected chi connectivity index (χ2v) is 9.14. The Bertz CT molecular complexity index is 1270. The molecule has 3 aliphatic rings. The SMILES string of the molecule is C=CCOC(=O)OC1=C(CSc2nnnn2CC(=O)N(C)C(N)=O)C2OCN(OC(=O)OCC=C)[C@@H]3C(=O)N1[C@H]23. The van der Waals surface area contributed by atoms with Crippen LogP contribution in [0.5, 0.6) is 0 Å². The third-order valence-corrected chi connectivity index (χ3v) is 6.81. The van der Waals surface area contributed by atoms with E-state index >= 15 is 0 Å². The maximum atomic E-state index is 13.1. The van der Waals surface area contributed by atoms with Crippen LogP contribution in [-0.4, -0.2) is 116 Å². The molecule has 2 N–H and O–H groups in total. The highest BCUT2D eigenvalue weighted by Gasteiger charge is 2.65. The standard InChI is InChI=1S/C21H24N8O10S/c1-4-6-35-20(33)38-17-11(9-40-19-23-24-25-27(19)8-12(30)26(3)18(22)32)15-13-14(16(31)29(13)17)28(10-37-15)39-21(34)36-7-5-2/h4-5,13-15H,1-2,6-10H2,3H3,(H2,22,32)/t13-,14-,15?/m0/s1. The molecule has 214 valence electrons. The predicted octanol–water partition coefficient (Wildman–Crippen LogP) is -0.641. The van der Waals surface area contributed by atoms with E-state index < -0.39 is 48.3 Å². The molecule has 0 saturated carbocycles. The molecule has 19 heteroatoms. The Morgan fingerprint density at radius 3 is 2.58 bits per heavy atom. The van der Waals surface area contributed by atoms with Crippen LogP contribution in [0.15, 0.2) is 41.9 Å². The number of nitrogens with zero attached hydrogens (tertiary/aromatic N) is 7. The third-order valence-electron chi connectivity index (χ3n) is 5.81. The number of carbonyl (C=O) groups excluding carboxylic acids is 5. The number of nitrogens with two attached hydrogens (primary N) is 1. The summed E-state index contributed by atoms with van der Waals surface area (Å²) in [7, 11) is 1.21. The van der Waals surface area contributed by atoms with E-state index in [1.165, 1.54) is 24.1 Å². The lowest BCUT2D eigenvalue weighted by Gasteiger charge is -2.50. The van der Waals surface area contributed by atoms with E-state index in [1.54, 1.807) is 0 Å². The van der Waals surface area contributed by atoms with Crippen molar-refractivity contribution in [3.8, 4) is 0 Å². The Balaban J connectivity index is 1.52. The topological polar surface area (TPSA) is 211 Å². The second-order valence-electron chi connectivity index (χ2n) is 8.20. The molecule has 4 amide bonds. The van der Waals surface area contributed by atoms with Gasteiger partial charge in [0.25, 0.3) is 11.8 Å². The lowest BCUT2D eigenvalue weighted by atomic mass is 9.90. The summed E-state index contributed by atoms with van der Waals surface area (Å²) in [6.07, 6.45) is -0.205. The fourth-order valence-corrected chi connectivity index (χ4v) is 4.88. The number of rotatable bonds is 11. The van der Waals surface area contributed by atoms with E-state index in [2.05, 4.69) is 28.7 Å². The molecular formula is C21H24N8O10S. The number of amides is 4. The Hall–Kier alpha value is -4.49. The van der Waals surface area contributed by atoms with Crippen molar-refractivity contribution in [2.75, 3.05) is 32.7 Å². The first-order chi connectivity index (χ1) is 19.2. The van der Waals surface area contributed by atoms with Crippen molar-refractivity contribution in [1.82, 2.24) is 35.1 Å². The summed E-state index contributed by atoms with van der Waals surface area (Å²) in [5.74, 6) is -1.25. The molecule has 1 aromatic rings. The smallest absolute Gasteiger partial charge is 0.430 e. The molecule has 40 heavy (non-hydrogen) atoms. The van der Waals surface area contributed by atoms with Gasteiger partial charge >= 0.3 is 18.3 Å². The van der Waals surface area contributed by atoms with Crippen molar-refractivity contribution in [2.24, 2.45) is 5.73 Å². The van der Waals surface area contributed by atoms with Crippen LogP contribution in [0, 0.1) is 0 Å². The number of tetrazole rings is 1. The molecule has 2 fully saturated rings. The fraction of sp³-hybridized carbons (Fsp3) is 0.429. The molecule has 3 atom stereocenters. The zero-order valence-corrected chi connectivity index (χ0v) is 21.9. The number of likely N-dealkylation sites (N-methyl/N-ethyl adjacent to an activating group) is 1. The molecule has 4 rings (SSSR count). The minimum absolute atomic E-state index is 0.0458. The van der Waals surface area contributed by atoms with Crippen molar-refractivity contribution < 1.29 is 47.8 Å². The summed E-state index contributed by atoms with van der Waals surface area (Å²) >= 11 is 1.05. The largest absolute Gasteiger partial charge is 0.528 e. The van der Waals surface area contributed by atoms with Crippen LogP contribution >= 0.6 is 11.8 Å². The zero-order chi connectivity index (χ0) is 29.0. The number of hydrogen-bond donors (Lipinski definition) is 1. The molecule has 1 aromatic heterocycles.